The molecule has 1 aromatic carbocycles. The molecule has 0 atom stereocenters. The number of hydrogen-bond donors (Lipinski definition) is 1. The first-order chi connectivity index (χ1) is 9.08. The van der Waals surface area contributed by atoms with E-state index in [2.05, 4.69) is 31.6 Å². The van der Waals surface area contributed by atoms with Crippen molar-refractivity contribution in [3.8, 4) is 0 Å². The lowest BCUT2D eigenvalue weighted by molar-refractivity contribution is 0.0948. The Morgan fingerprint density at radius 3 is 2.84 bits per heavy atom. The van der Waals surface area contributed by atoms with Crippen LogP contribution in [0.4, 0.5) is 0 Å². The summed E-state index contributed by atoms with van der Waals surface area (Å²) in [6.07, 6.45) is 3.32. The molecular formula is C13H13BrN4O. The van der Waals surface area contributed by atoms with Crippen LogP contribution in [0.5, 0.6) is 0 Å². The van der Waals surface area contributed by atoms with Gasteiger partial charge >= 0.3 is 0 Å². The molecule has 0 unspecified atom stereocenters. The Balaban J connectivity index is 2.05. The Morgan fingerprint density at radius 2 is 2.21 bits per heavy atom. The van der Waals surface area contributed by atoms with Gasteiger partial charge in [-0.25, -0.2) is 5.43 Å². The summed E-state index contributed by atoms with van der Waals surface area (Å²) in [5, 5.41) is 7.97. The first-order valence-electron chi connectivity index (χ1n) is 5.66. The van der Waals surface area contributed by atoms with Gasteiger partial charge in [-0.1, -0.05) is 24.3 Å². The Labute approximate surface area is 119 Å². The van der Waals surface area contributed by atoms with Gasteiger partial charge in [-0.3, -0.25) is 9.48 Å². The first kappa shape index (κ1) is 13.5. The minimum atomic E-state index is -0.350. The van der Waals surface area contributed by atoms with E-state index in [1.807, 2.05) is 31.2 Å². The van der Waals surface area contributed by atoms with Gasteiger partial charge in [0.1, 0.15) is 0 Å². The van der Waals surface area contributed by atoms with E-state index in [0.29, 0.717) is 10.2 Å². The fourth-order valence-electron chi connectivity index (χ4n) is 1.56. The molecule has 19 heavy (non-hydrogen) atoms. The van der Waals surface area contributed by atoms with Crippen LogP contribution in [0.3, 0.4) is 0 Å². The van der Waals surface area contributed by atoms with E-state index >= 15 is 0 Å². The van der Waals surface area contributed by atoms with Gasteiger partial charge in [-0.2, -0.15) is 10.2 Å². The van der Waals surface area contributed by atoms with Crippen LogP contribution >= 0.6 is 15.9 Å². The van der Waals surface area contributed by atoms with Crippen molar-refractivity contribution in [3.05, 3.63) is 51.8 Å². The highest BCUT2D eigenvalue weighted by atomic mass is 79.9. The molecule has 0 aliphatic carbocycles. The monoisotopic (exact) mass is 320 g/mol. The number of nitrogens with one attached hydrogen (secondary N) is 1. The van der Waals surface area contributed by atoms with E-state index in [1.165, 1.54) is 0 Å². The Morgan fingerprint density at radius 1 is 1.47 bits per heavy atom. The standard InChI is InChI=1S/C13H13BrN4O/c1-9-5-3-4-6-10(9)7-15-16-13(19)12-11(14)8-18(2)17-12/h3-8H,1-2H3,(H,16,19). The van der Waals surface area contributed by atoms with Crippen LogP contribution in [0.2, 0.25) is 0 Å². The number of amides is 1. The van der Waals surface area contributed by atoms with Crippen molar-refractivity contribution in [2.75, 3.05) is 0 Å². The summed E-state index contributed by atoms with van der Waals surface area (Å²) in [5.74, 6) is -0.350. The number of nitrogens with zero attached hydrogens (tertiary/aromatic N) is 3. The van der Waals surface area contributed by atoms with Gasteiger partial charge in [0, 0.05) is 13.2 Å². The van der Waals surface area contributed by atoms with Crippen molar-refractivity contribution in [1.29, 1.82) is 0 Å². The predicted octanol–water partition coefficient (Wildman–Crippen LogP) is 2.25. The summed E-state index contributed by atoms with van der Waals surface area (Å²) < 4.78 is 2.20. The van der Waals surface area contributed by atoms with Gasteiger partial charge in [0.15, 0.2) is 5.69 Å². The van der Waals surface area contributed by atoms with Crippen molar-refractivity contribution < 1.29 is 4.79 Å². The highest BCUT2D eigenvalue weighted by Crippen LogP contribution is 2.13. The number of hydrazone groups is 1. The molecule has 0 aliphatic rings. The van der Waals surface area contributed by atoms with E-state index in [1.54, 1.807) is 24.1 Å². The predicted molar refractivity (Wildman–Crippen MR) is 77.1 cm³/mol. The van der Waals surface area contributed by atoms with Gasteiger partial charge in [0.25, 0.3) is 5.91 Å². The summed E-state index contributed by atoms with van der Waals surface area (Å²) in [6, 6.07) is 7.79. The molecule has 2 aromatic rings. The van der Waals surface area contributed by atoms with Gasteiger partial charge in [0.05, 0.1) is 10.7 Å². The largest absolute Gasteiger partial charge is 0.293 e. The van der Waals surface area contributed by atoms with Crippen LogP contribution in [-0.2, 0) is 7.05 Å². The van der Waals surface area contributed by atoms with Gasteiger partial charge in [-0.15, -0.1) is 0 Å². The fraction of sp³-hybridized carbons (Fsp3) is 0.154. The second-order valence-electron chi connectivity index (χ2n) is 4.06. The summed E-state index contributed by atoms with van der Waals surface area (Å²) in [4.78, 5) is 11.8. The van der Waals surface area contributed by atoms with E-state index in [0.717, 1.165) is 11.1 Å². The van der Waals surface area contributed by atoms with E-state index in [9.17, 15) is 4.79 Å². The third kappa shape index (κ3) is 3.29. The molecule has 0 fully saturated rings. The van der Waals surface area contributed by atoms with Crippen LogP contribution in [0.25, 0.3) is 0 Å². The maximum atomic E-state index is 11.8. The SMILES string of the molecule is Cc1ccccc1C=NNC(=O)c1nn(C)cc1Br. The molecule has 2 rings (SSSR count). The molecular weight excluding hydrogens is 308 g/mol. The zero-order valence-corrected chi connectivity index (χ0v) is 12.2. The number of rotatable bonds is 3. The number of hydrogen-bond acceptors (Lipinski definition) is 3. The highest BCUT2D eigenvalue weighted by molar-refractivity contribution is 9.10. The summed E-state index contributed by atoms with van der Waals surface area (Å²) in [5.41, 5.74) is 4.82. The summed E-state index contributed by atoms with van der Waals surface area (Å²) in [6.45, 7) is 1.98. The molecule has 5 nitrogen and oxygen atoms in total. The van der Waals surface area contributed by atoms with E-state index < -0.39 is 0 Å². The molecule has 0 saturated carbocycles. The van der Waals surface area contributed by atoms with Crippen molar-refractivity contribution in [2.45, 2.75) is 6.92 Å². The van der Waals surface area contributed by atoms with Crippen LogP contribution in [0.15, 0.2) is 40.0 Å². The minimum absolute atomic E-state index is 0.310. The molecule has 1 N–H and O–H groups in total. The van der Waals surface area contributed by atoms with Crippen molar-refractivity contribution >= 4 is 28.1 Å². The summed E-state index contributed by atoms with van der Waals surface area (Å²) in [7, 11) is 1.75. The number of carbonyl (C=O) groups is 1. The van der Waals surface area contributed by atoms with Crippen LogP contribution in [0.1, 0.15) is 21.6 Å². The highest BCUT2D eigenvalue weighted by Gasteiger charge is 2.13. The number of carbonyl (C=O) groups excluding carboxylic acids is 1. The number of aryl methyl sites for hydroxylation is 2. The van der Waals surface area contributed by atoms with E-state index in [4.69, 9.17) is 0 Å². The Kier molecular flexibility index (Phi) is 4.11. The lowest BCUT2D eigenvalue weighted by Gasteiger charge is -1.99. The number of halogens is 1. The molecule has 0 spiro atoms. The van der Waals surface area contributed by atoms with Gasteiger partial charge < -0.3 is 0 Å². The van der Waals surface area contributed by atoms with E-state index in [-0.39, 0.29) is 5.91 Å². The normalized spacial score (nSPS) is 10.9. The lowest BCUT2D eigenvalue weighted by Crippen LogP contribution is -2.19. The maximum absolute atomic E-state index is 11.8. The molecule has 0 bridgehead atoms. The van der Waals surface area contributed by atoms with Gasteiger partial charge in [0.2, 0.25) is 0 Å². The average Bonchev–Trinajstić information content (AvgIpc) is 2.71. The Bertz CT molecular complexity index is 633. The Hall–Kier alpha value is -1.95. The van der Waals surface area contributed by atoms with Crippen LogP contribution in [-0.4, -0.2) is 21.9 Å². The zero-order valence-electron chi connectivity index (χ0n) is 10.6. The molecule has 0 saturated heterocycles. The molecule has 98 valence electrons. The zero-order chi connectivity index (χ0) is 13.8. The topological polar surface area (TPSA) is 59.3 Å². The summed E-state index contributed by atoms with van der Waals surface area (Å²) >= 11 is 3.27. The van der Waals surface area contributed by atoms with Crippen molar-refractivity contribution in [3.63, 3.8) is 0 Å². The maximum Gasteiger partial charge on any atom is 0.293 e. The molecule has 6 heteroatoms. The first-order valence-corrected chi connectivity index (χ1v) is 6.45. The smallest absolute Gasteiger partial charge is 0.274 e. The van der Waals surface area contributed by atoms with Gasteiger partial charge in [-0.05, 0) is 34.0 Å². The molecule has 1 amide bonds. The van der Waals surface area contributed by atoms with Crippen LogP contribution < -0.4 is 5.43 Å². The molecule has 1 aromatic heterocycles. The van der Waals surface area contributed by atoms with Crippen molar-refractivity contribution in [2.24, 2.45) is 12.1 Å². The second-order valence-corrected chi connectivity index (χ2v) is 4.91. The molecule has 0 aliphatic heterocycles. The minimum Gasteiger partial charge on any atom is -0.274 e. The van der Waals surface area contributed by atoms with Crippen molar-refractivity contribution in [1.82, 2.24) is 15.2 Å². The quantitative estimate of drug-likeness (QED) is 0.696. The fourth-order valence-corrected chi connectivity index (χ4v) is 2.11. The molecule has 1 heterocycles. The second kappa shape index (κ2) is 5.79. The average molecular weight is 321 g/mol. The third-order valence-electron chi connectivity index (χ3n) is 2.56. The molecule has 0 radical (unpaired) electrons. The van der Waals surface area contributed by atoms with Crippen LogP contribution in [0, 0.1) is 6.92 Å². The number of aromatic nitrogens is 2. The lowest BCUT2D eigenvalue weighted by atomic mass is 10.1. The third-order valence-corrected chi connectivity index (χ3v) is 3.14. The number of benzene rings is 1.